The summed E-state index contributed by atoms with van der Waals surface area (Å²) >= 11 is 5.42. The van der Waals surface area contributed by atoms with Crippen LogP contribution >= 0.6 is 11.6 Å². The summed E-state index contributed by atoms with van der Waals surface area (Å²) in [6.45, 7) is 0.246. The van der Waals surface area contributed by atoms with Crippen LogP contribution in [0.3, 0.4) is 0 Å². The first-order valence-electron chi connectivity index (χ1n) is 5.54. The molecular formula is C12H11ClN4O3. The maximum atomic E-state index is 11.5. The number of nitriles is 1. The van der Waals surface area contributed by atoms with Gasteiger partial charge in [-0.05, 0) is 6.07 Å². The second-order valence-corrected chi connectivity index (χ2v) is 3.94. The fraction of sp³-hybridized carbons (Fsp3) is 0.167. The summed E-state index contributed by atoms with van der Waals surface area (Å²) in [5.41, 5.74) is 0.159. The van der Waals surface area contributed by atoms with Gasteiger partial charge in [0, 0.05) is 36.4 Å². The van der Waals surface area contributed by atoms with Gasteiger partial charge < -0.3 is 10.6 Å². The number of benzene rings is 1. The van der Waals surface area contributed by atoms with E-state index in [0.717, 1.165) is 0 Å². The first-order valence-corrected chi connectivity index (χ1v) is 6.07. The number of nitro benzene ring substituents is 1. The Balaban J connectivity index is 2.79. The van der Waals surface area contributed by atoms with Crippen LogP contribution in [-0.4, -0.2) is 23.3 Å². The van der Waals surface area contributed by atoms with E-state index in [-0.39, 0.29) is 23.7 Å². The molecule has 0 radical (unpaired) electrons. The van der Waals surface area contributed by atoms with Crippen LogP contribution in [0.1, 0.15) is 0 Å². The topological polar surface area (TPSA) is 108 Å². The standard InChI is InChI=1S/C12H11ClN4O3/c13-4-5-15-12(18)9(7-14)8-16-10-2-1-3-11(6-10)17(19)20/h1-3,6,8,16H,4-5H2,(H,15,18)/b9-8-. The number of halogens is 1. The maximum Gasteiger partial charge on any atom is 0.271 e. The highest BCUT2D eigenvalue weighted by Crippen LogP contribution is 2.17. The molecule has 1 aromatic rings. The number of hydrogen-bond donors (Lipinski definition) is 2. The SMILES string of the molecule is N#C/C(=C/Nc1cccc([N+](=O)[O-])c1)C(=O)NCCCl. The fourth-order valence-corrected chi connectivity index (χ4v) is 1.36. The number of amides is 1. The van der Waals surface area contributed by atoms with Crippen LogP contribution in [0, 0.1) is 21.4 Å². The zero-order valence-corrected chi connectivity index (χ0v) is 11.1. The number of anilines is 1. The van der Waals surface area contributed by atoms with Gasteiger partial charge in [0.2, 0.25) is 0 Å². The lowest BCUT2D eigenvalue weighted by Gasteiger charge is -2.03. The highest BCUT2D eigenvalue weighted by Gasteiger charge is 2.08. The number of non-ortho nitro benzene ring substituents is 1. The van der Waals surface area contributed by atoms with Crippen LogP contribution in [0.25, 0.3) is 0 Å². The number of carbonyl (C=O) groups excluding carboxylic acids is 1. The third-order valence-corrected chi connectivity index (χ3v) is 2.37. The third kappa shape index (κ3) is 4.59. The molecule has 0 aliphatic carbocycles. The fourth-order valence-electron chi connectivity index (χ4n) is 1.27. The molecule has 0 saturated heterocycles. The van der Waals surface area contributed by atoms with Crippen LogP contribution in [0.2, 0.25) is 0 Å². The van der Waals surface area contributed by atoms with Crippen molar-refractivity contribution in [2.24, 2.45) is 0 Å². The predicted octanol–water partition coefficient (Wildman–Crippen LogP) is 1.77. The minimum atomic E-state index is -0.564. The molecule has 20 heavy (non-hydrogen) atoms. The Labute approximate surface area is 120 Å². The Morgan fingerprint density at radius 2 is 2.30 bits per heavy atom. The first kappa shape index (κ1) is 15.5. The number of nitro groups is 1. The number of nitrogens with one attached hydrogen (secondary N) is 2. The van der Waals surface area contributed by atoms with Crippen molar-refractivity contribution in [3.8, 4) is 6.07 Å². The molecule has 0 aliphatic heterocycles. The monoisotopic (exact) mass is 294 g/mol. The van der Waals surface area contributed by atoms with E-state index in [1.807, 2.05) is 0 Å². The van der Waals surface area contributed by atoms with Crippen molar-refractivity contribution in [3.05, 3.63) is 46.2 Å². The van der Waals surface area contributed by atoms with Gasteiger partial charge in [-0.3, -0.25) is 14.9 Å². The van der Waals surface area contributed by atoms with E-state index in [9.17, 15) is 14.9 Å². The van der Waals surface area contributed by atoms with Gasteiger partial charge in [-0.15, -0.1) is 11.6 Å². The summed E-state index contributed by atoms with van der Waals surface area (Å²) in [5, 5.41) is 24.6. The van der Waals surface area contributed by atoms with E-state index in [1.54, 1.807) is 12.1 Å². The van der Waals surface area contributed by atoms with E-state index in [2.05, 4.69) is 10.6 Å². The second kappa shape index (κ2) is 7.76. The van der Waals surface area contributed by atoms with Gasteiger partial charge in [-0.25, -0.2) is 0 Å². The highest BCUT2D eigenvalue weighted by atomic mass is 35.5. The summed E-state index contributed by atoms with van der Waals surface area (Å²) < 4.78 is 0. The highest BCUT2D eigenvalue weighted by molar-refractivity contribution is 6.18. The quantitative estimate of drug-likeness (QED) is 0.273. The van der Waals surface area contributed by atoms with E-state index in [0.29, 0.717) is 5.69 Å². The van der Waals surface area contributed by atoms with Gasteiger partial charge in [0.05, 0.1) is 4.92 Å². The normalized spacial score (nSPS) is 10.5. The molecule has 104 valence electrons. The van der Waals surface area contributed by atoms with Crippen LogP contribution in [0.15, 0.2) is 36.0 Å². The first-order chi connectivity index (χ1) is 9.58. The molecule has 0 aromatic heterocycles. The Morgan fingerprint density at radius 3 is 2.90 bits per heavy atom. The lowest BCUT2D eigenvalue weighted by Crippen LogP contribution is -2.26. The van der Waals surface area contributed by atoms with Crippen LogP contribution < -0.4 is 10.6 Å². The molecule has 0 heterocycles. The molecule has 0 aliphatic rings. The Bertz CT molecular complexity index is 580. The summed E-state index contributed by atoms with van der Waals surface area (Å²) in [6, 6.07) is 7.43. The van der Waals surface area contributed by atoms with Gasteiger partial charge in [-0.2, -0.15) is 5.26 Å². The van der Waals surface area contributed by atoms with Crippen LogP contribution in [0.4, 0.5) is 11.4 Å². The number of hydrogen-bond acceptors (Lipinski definition) is 5. The molecule has 1 aromatic carbocycles. The van der Waals surface area contributed by atoms with Crippen molar-refractivity contribution in [2.45, 2.75) is 0 Å². The van der Waals surface area contributed by atoms with Crippen molar-refractivity contribution < 1.29 is 9.72 Å². The van der Waals surface area contributed by atoms with Crippen LogP contribution in [0.5, 0.6) is 0 Å². The number of rotatable bonds is 6. The molecular weight excluding hydrogens is 284 g/mol. The minimum Gasteiger partial charge on any atom is -0.360 e. The van der Waals surface area contributed by atoms with Gasteiger partial charge in [0.15, 0.2) is 0 Å². The summed E-state index contributed by atoms with van der Waals surface area (Å²) in [7, 11) is 0. The van der Waals surface area contributed by atoms with Gasteiger partial charge in [0.25, 0.3) is 11.6 Å². The molecule has 8 heteroatoms. The lowest BCUT2D eigenvalue weighted by atomic mass is 10.2. The van der Waals surface area contributed by atoms with Crippen molar-refractivity contribution in [3.63, 3.8) is 0 Å². The minimum absolute atomic E-state index is 0.0894. The lowest BCUT2D eigenvalue weighted by molar-refractivity contribution is -0.384. The van der Waals surface area contributed by atoms with E-state index in [1.165, 1.54) is 24.4 Å². The molecule has 0 fully saturated rings. The summed E-state index contributed by atoms with van der Waals surface area (Å²) in [5.74, 6) is -0.325. The molecule has 0 saturated carbocycles. The van der Waals surface area contributed by atoms with Crippen molar-refractivity contribution in [2.75, 3.05) is 17.7 Å². The van der Waals surface area contributed by atoms with Crippen LogP contribution in [-0.2, 0) is 4.79 Å². The molecule has 0 bridgehead atoms. The average Bonchev–Trinajstić information content (AvgIpc) is 2.46. The summed E-state index contributed by atoms with van der Waals surface area (Å²) in [4.78, 5) is 21.6. The number of nitrogens with zero attached hydrogens (tertiary/aromatic N) is 2. The number of carbonyl (C=O) groups is 1. The van der Waals surface area contributed by atoms with Gasteiger partial charge in [0.1, 0.15) is 11.6 Å². The van der Waals surface area contributed by atoms with Crippen molar-refractivity contribution >= 4 is 28.9 Å². The van der Waals surface area contributed by atoms with Gasteiger partial charge >= 0.3 is 0 Å². The van der Waals surface area contributed by atoms with E-state index in [4.69, 9.17) is 16.9 Å². The third-order valence-electron chi connectivity index (χ3n) is 2.19. The molecule has 7 nitrogen and oxygen atoms in total. The molecule has 0 spiro atoms. The second-order valence-electron chi connectivity index (χ2n) is 3.57. The Kier molecular flexibility index (Phi) is 6.00. The smallest absolute Gasteiger partial charge is 0.271 e. The van der Waals surface area contributed by atoms with Gasteiger partial charge in [-0.1, -0.05) is 6.07 Å². The maximum absolute atomic E-state index is 11.5. The zero-order chi connectivity index (χ0) is 15.0. The number of alkyl halides is 1. The Hall–Kier alpha value is -2.59. The average molecular weight is 295 g/mol. The summed E-state index contributed by atoms with van der Waals surface area (Å²) in [6.07, 6.45) is 1.18. The Morgan fingerprint density at radius 1 is 1.55 bits per heavy atom. The predicted molar refractivity (Wildman–Crippen MR) is 74.1 cm³/mol. The van der Waals surface area contributed by atoms with E-state index >= 15 is 0 Å². The largest absolute Gasteiger partial charge is 0.360 e. The zero-order valence-electron chi connectivity index (χ0n) is 10.3. The van der Waals surface area contributed by atoms with E-state index < -0.39 is 10.8 Å². The molecule has 1 rings (SSSR count). The molecule has 2 N–H and O–H groups in total. The molecule has 0 unspecified atom stereocenters. The van der Waals surface area contributed by atoms with Crippen molar-refractivity contribution in [1.29, 1.82) is 5.26 Å². The van der Waals surface area contributed by atoms with Crippen molar-refractivity contribution in [1.82, 2.24) is 5.32 Å². The molecule has 1 amide bonds. The molecule has 0 atom stereocenters.